The van der Waals surface area contributed by atoms with Gasteiger partial charge in [-0.15, -0.1) is 0 Å². The van der Waals surface area contributed by atoms with Gasteiger partial charge >= 0.3 is 11.9 Å². The molecule has 1 aromatic carbocycles. The molecule has 1 atom stereocenters. The molecular formula is C39H64N4O13. The van der Waals surface area contributed by atoms with Gasteiger partial charge in [-0.25, -0.2) is 9.59 Å². The summed E-state index contributed by atoms with van der Waals surface area (Å²) < 4.78 is 26.9. The number of carboxylic acid groups (broad SMARTS) is 2. The van der Waals surface area contributed by atoms with Gasteiger partial charge in [-0.05, 0) is 49.9 Å². The molecule has 6 N–H and O–H groups in total. The fourth-order valence-corrected chi connectivity index (χ4v) is 5.05. The number of aromatic carboxylic acids is 1. The van der Waals surface area contributed by atoms with Gasteiger partial charge in [0.05, 0.1) is 51.8 Å². The Hall–Kier alpha value is -4.32. The first-order valence-electron chi connectivity index (χ1n) is 19.7. The Kier molecular flexibility index (Phi) is 30.1. The van der Waals surface area contributed by atoms with Crippen LogP contribution in [0.3, 0.4) is 0 Å². The number of amides is 4. The molecule has 0 saturated heterocycles. The highest BCUT2D eigenvalue weighted by Crippen LogP contribution is 2.14. The highest BCUT2D eigenvalue weighted by molar-refractivity contribution is 5.87. The van der Waals surface area contributed by atoms with Gasteiger partial charge in [0.25, 0.3) is 0 Å². The lowest BCUT2D eigenvalue weighted by Gasteiger charge is -2.14. The topological polar surface area (TPSA) is 237 Å². The first kappa shape index (κ1) is 49.7. The molecule has 56 heavy (non-hydrogen) atoms. The number of unbranched alkanes of at least 4 members (excludes halogenated alkanes) is 8. The maximum atomic E-state index is 12.0. The number of carboxylic acids is 2. The van der Waals surface area contributed by atoms with E-state index in [-0.39, 0.29) is 88.9 Å². The van der Waals surface area contributed by atoms with Crippen LogP contribution in [0.2, 0.25) is 0 Å². The summed E-state index contributed by atoms with van der Waals surface area (Å²) in [6.45, 7) is 4.65. The average molecular weight is 797 g/mol. The number of nitrogens with one attached hydrogen (secondary N) is 4. The number of rotatable bonds is 37. The van der Waals surface area contributed by atoms with Crippen LogP contribution in [-0.2, 0) is 42.9 Å². The van der Waals surface area contributed by atoms with Crippen LogP contribution in [0.25, 0.3) is 0 Å². The summed E-state index contributed by atoms with van der Waals surface area (Å²) in [4.78, 5) is 70.1. The number of carbonyl (C=O) groups is 6. The number of hydrogen-bond acceptors (Lipinski definition) is 11. The fourth-order valence-electron chi connectivity index (χ4n) is 5.05. The van der Waals surface area contributed by atoms with Crippen molar-refractivity contribution >= 4 is 35.6 Å². The SMILES string of the molecule is CCCCCNC(=O)CC[C@H](NC(=O)COCCOCCNC(=O)COCCOCCNC(=O)CCCCCCCCCOc1ccc(C(=O)O)cc1)C(=O)O. The Bertz CT molecular complexity index is 1250. The van der Waals surface area contributed by atoms with Gasteiger partial charge in [-0.2, -0.15) is 0 Å². The minimum atomic E-state index is -1.23. The quantitative estimate of drug-likeness (QED) is 0.0532. The number of benzene rings is 1. The molecule has 1 rings (SSSR count). The molecule has 0 heterocycles. The molecule has 0 aliphatic rings. The minimum absolute atomic E-state index is 0.00651. The molecule has 0 spiro atoms. The van der Waals surface area contributed by atoms with Crippen LogP contribution in [-0.4, -0.2) is 131 Å². The second-order valence-electron chi connectivity index (χ2n) is 13.0. The van der Waals surface area contributed by atoms with Gasteiger partial charge < -0.3 is 55.2 Å². The average Bonchev–Trinajstić information content (AvgIpc) is 3.17. The van der Waals surface area contributed by atoms with E-state index in [9.17, 15) is 33.9 Å². The van der Waals surface area contributed by atoms with Gasteiger partial charge in [0, 0.05) is 32.5 Å². The molecule has 0 bridgehead atoms. The third-order valence-electron chi connectivity index (χ3n) is 8.16. The molecule has 17 nitrogen and oxygen atoms in total. The lowest BCUT2D eigenvalue weighted by Crippen LogP contribution is -2.43. The predicted octanol–water partition coefficient (Wildman–Crippen LogP) is 2.84. The van der Waals surface area contributed by atoms with E-state index in [0.29, 0.717) is 38.5 Å². The van der Waals surface area contributed by atoms with E-state index >= 15 is 0 Å². The molecule has 17 heteroatoms. The molecule has 0 aromatic heterocycles. The zero-order chi connectivity index (χ0) is 41.1. The molecule has 0 aliphatic heterocycles. The van der Waals surface area contributed by atoms with E-state index in [2.05, 4.69) is 28.2 Å². The Balaban J connectivity index is 1.86. The van der Waals surface area contributed by atoms with Crippen molar-refractivity contribution in [3.05, 3.63) is 29.8 Å². The molecule has 0 fully saturated rings. The summed E-state index contributed by atoms with van der Waals surface area (Å²) in [7, 11) is 0. The van der Waals surface area contributed by atoms with Crippen LogP contribution in [0.15, 0.2) is 24.3 Å². The van der Waals surface area contributed by atoms with Crippen molar-refractivity contribution in [1.29, 1.82) is 0 Å². The fraction of sp³-hybridized carbons (Fsp3) is 0.692. The third kappa shape index (κ3) is 29.0. The lowest BCUT2D eigenvalue weighted by atomic mass is 10.1. The number of hydrogen-bond donors (Lipinski definition) is 6. The Morgan fingerprint density at radius 1 is 0.554 bits per heavy atom. The highest BCUT2D eigenvalue weighted by Gasteiger charge is 2.21. The standard InChI is InChI=1S/C39H64N4O13/c1-2-3-10-19-40-35(45)18-17-33(39(50)51)43-37(47)30-55-28-26-53-24-21-42-36(46)29-54-27-25-52-23-20-41-34(44)12-9-7-5-4-6-8-11-22-56-32-15-13-31(14-16-32)38(48)49/h13-16,33H,2-12,17-30H2,1H3,(H,40,45)(H,41,44)(H,42,46)(H,43,47)(H,48,49)(H,50,51)/t33-/m0/s1. The summed E-state index contributed by atoms with van der Waals surface area (Å²) in [5, 5.41) is 28.8. The van der Waals surface area contributed by atoms with Gasteiger partial charge in [0.1, 0.15) is 25.0 Å². The van der Waals surface area contributed by atoms with Crippen LogP contribution < -0.4 is 26.0 Å². The molecule has 0 aliphatic carbocycles. The lowest BCUT2D eigenvalue weighted by molar-refractivity contribution is -0.143. The van der Waals surface area contributed by atoms with Crippen LogP contribution >= 0.6 is 0 Å². The van der Waals surface area contributed by atoms with Crippen LogP contribution in [0.4, 0.5) is 0 Å². The van der Waals surface area contributed by atoms with Gasteiger partial charge in [-0.3, -0.25) is 19.2 Å². The van der Waals surface area contributed by atoms with E-state index < -0.39 is 23.9 Å². The molecule has 4 amide bonds. The third-order valence-corrected chi connectivity index (χ3v) is 8.16. The van der Waals surface area contributed by atoms with Crippen LogP contribution in [0.5, 0.6) is 5.75 Å². The van der Waals surface area contributed by atoms with Gasteiger partial charge in [0.2, 0.25) is 23.6 Å². The Labute approximate surface area is 330 Å². The van der Waals surface area contributed by atoms with E-state index in [4.69, 9.17) is 28.8 Å². The molecule has 318 valence electrons. The van der Waals surface area contributed by atoms with E-state index in [1.807, 2.05) is 0 Å². The first-order valence-corrected chi connectivity index (χ1v) is 19.7. The summed E-state index contributed by atoms with van der Waals surface area (Å²) in [6.07, 6.45) is 10.4. The number of ether oxygens (including phenoxy) is 5. The zero-order valence-corrected chi connectivity index (χ0v) is 32.9. The molecule has 1 aromatic rings. The Morgan fingerprint density at radius 3 is 1.70 bits per heavy atom. The summed E-state index contributed by atoms with van der Waals surface area (Å²) in [5.41, 5.74) is 0.238. The van der Waals surface area contributed by atoms with E-state index in [1.165, 1.54) is 12.1 Å². The minimum Gasteiger partial charge on any atom is -0.494 e. The smallest absolute Gasteiger partial charge is 0.335 e. The van der Waals surface area contributed by atoms with Crippen LogP contribution in [0.1, 0.15) is 101 Å². The van der Waals surface area contributed by atoms with Gasteiger partial charge in [-0.1, -0.05) is 51.9 Å². The second kappa shape index (κ2) is 34.0. The number of aliphatic carboxylic acids is 1. The number of carbonyl (C=O) groups excluding carboxylic acids is 4. The van der Waals surface area contributed by atoms with Crippen molar-refractivity contribution in [3.63, 3.8) is 0 Å². The van der Waals surface area contributed by atoms with Crippen molar-refractivity contribution in [2.45, 2.75) is 96.4 Å². The summed E-state index contributed by atoms with van der Waals surface area (Å²) in [5.74, 6) is -2.71. The summed E-state index contributed by atoms with van der Waals surface area (Å²) in [6, 6.07) is 5.20. The largest absolute Gasteiger partial charge is 0.494 e. The monoisotopic (exact) mass is 796 g/mol. The van der Waals surface area contributed by atoms with Crippen molar-refractivity contribution in [1.82, 2.24) is 21.3 Å². The Morgan fingerprint density at radius 2 is 1.09 bits per heavy atom. The first-order chi connectivity index (χ1) is 27.1. The predicted molar refractivity (Wildman–Crippen MR) is 206 cm³/mol. The van der Waals surface area contributed by atoms with E-state index in [0.717, 1.165) is 64.2 Å². The van der Waals surface area contributed by atoms with Crippen molar-refractivity contribution in [2.24, 2.45) is 0 Å². The molecular weight excluding hydrogens is 732 g/mol. The summed E-state index contributed by atoms with van der Waals surface area (Å²) >= 11 is 0. The highest BCUT2D eigenvalue weighted by atomic mass is 16.5. The normalized spacial score (nSPS) is 11.4. The maximum Gasteiger partial charge on any atom is 0.335 e. The van der Waals surface area contributed by atoms with E-state index in [1.54, 1.807) is 12.1 Å². The second-order valence-corrected chi connectivity index (χ2v) is 13.0. The molecule has 0 unspecified atom stereocenters. The van der Waals surface area contributed by atoms with Crippen LogP contribution in [0, 0.1) is 0 Å². The maximum absolute atomic E-state index is 12.0. The van der Waals surface area contributed by atoms with Crippen molar-refractivity contribution in [3.8, 4) is 5.75 Å². The van der Waals surface area contributed by atoms with Crippen molar-refractivity contribution in [2.75, 3.05) is 79.1 Å². The van der Waals surface area contributed by atoms with Gasteiger partial charge in [0.15, 0.2) is 0 Å². The zero-order valence-electron chi connectivity index (χ0n) is 32.9. The molecule has 0 saturated carbocycles. The molecule has 0 radical (unpaired) electrons. The van der Waals surface area contributed by atoms with Crippen molar-refractivity contribution < 1.29 is 62.7 Å².